The topological polar surface area (TPSA) is 23.9 Å². The van der Waals surface area contributed by atoms with E-state index in [0.717, 1.165) is 11.3 Å². The zero-order valence-corrected chi connectivity index (χ0v) is 11.9. The highest BCUT2D eigenvalue weighted by Crippen LogP contribution is 2.26. The molecule has 1 nitrogen and oxygen atoms in total. The van der Waals surface area contributed by atoms with Crippen LogP contribution < -0.4 is 0 Å². The van der Waals surface area contributed by atoms with Crippen molar-refractivity contribution < 1.29 is 0 Å². The lowest BCUT2D eigenvalue weighted by molar-refractivity contribution is 1.33. The lowest BCUT2D eigenvalue weighted by Crippen LogP contribution is -1.86. The summed E-state index contributed by atoms with van der Waals surface area (Å²) in [5.41, 5.74) is 2.31. The van der Waals surface area contributed by atoms with Crippen molar-refractivity contribution in [2.75, 3.05) is 6.26 Å². The van der Waals surface area contributed by atoms with Gasteiger partial charge in [0.05, 0.1) is 0 Å². The quantitative estimate of drug-likeness (QED) is 0.630. The van der Waals surface area contributed by atoms with Crippen LogP contribution in [0.3, 0.4) is 0 Å². The summed E-state index contributed by atoms with van der Waals surface area (Å²) >= 11 is 3.54. The first-order valence-corrected chi connectivity index (χ1v) is 7.90. The number of benzene rings is 2. The summed E-state index contributed by atoms with van der Waals surface area (Å²) < 4.78 is 0. The molecule has 0 aliphatic heterocycles. The molecule has 0 radical (unpaired) electrons. The lowest BCUT2D eigenvalue weighted by atomic mass is 10.2. The van der Waals surface area contributed by atoms with Gasteiger partial charge in [-0.05, 0) is 30.0 Å². The smallest absolute Gasteiger partial charge is 0.0261 e. The zero-order chi connectivity index (χ0) is 12.8. The van der Waals surface area contributed by atoms with Crippen LogP contribution in [0.4, 0.5) is 0 Å². The predicted molar refractivity (Wildman–Crippen MR) is 82.1 cm³/mol. The van der Waals surface area contributed by atoms with Crippen molar-refractivity contribution in [1.29, 1.82) is 5.41 Å². The molecule has 2 aromatic rings. The Morgan fingerprint density at radius 3 is 2.44 bits per heavy atom. The fourth-order valence-corrected chi connectivity index (χ4v) is 3.01. The van der Waals surface area contributed by atoms with Crippen molar-refractivity contribution >= 4 is 29.7 Å². The summed E-state index contributed by atoms with van der Waals surface area (Å²) in [6.07, 6.45) is 3.50. The molecule has 0 saturated carbocycles. The molecule has 0 spiro atoms. The summed E-state index contributed by atoms with van der Waals surface area (Å²) in [5, 5.41) is 7.38. The van der Waals surface area contributed by atoms with Crippen LogP contribution in [0.25, 0.3) is 0 Å². The van der Waals surface area contributed by atoms with Gasteiger partial charge in [-0.15, -0.1) is 23.5 Å². The Bertz CT molecular complexity index is 520. The van der Waals surface area contributed by atoms with E-state index in [2.05, 4.69) is 36.6 Å². The fourth-order valence-electron chi connectivity index (χ4n) is 1.61. The molecule has 3 heteroatoms. The second-order valence-electron chi connectivity index (χ2n) is 3.82. The van der Waals surface area contributed by atoms with Gasteiger partial charge in [0.1, 0.15) is 0 Å². The van der Waals surface area contributed by atoms with Crippen LogP contribution >= 0.6 is 23.5 Å². The molecule has 1 N–H and O–H groups in total. The second kappa shape index (κ2) is 6.66. The van der Waals surface area contributed by atoms with Crippen molar-refractivity contribution in [3.8, 4) is 0 Å². The molecule has 0 aromatic heterocycles. The molecule has 0 bridgehead atoms. The van der Waals surface area contributed by atoms with Gasteiger partial charge in [-0.2, -0.15) is 0 Å². The number of nitrogens with one attached hydrogen (secondary N) is 1. The SMILES string of the molecule is CSc1ccc(CSc2ccccc2C=N)cc1. The lowest BCUT2D eigenvalue weighted by Gasteiger charge is -2.05. The van der Waals surface area contributed by atoms with Gasteiger partial charge < -0.3 is 5.41 Å². The van der Waals surface area contributed by atoms with E-state index in [1.165, 1.54) is 21.6 Å². The first kappa shape index (κ1) is 13.2. The molecule has 18 heavy (non-hydrogen) atoms. The van der Waals surface area contributed by atoms with Gasteiger partial charge in [-0.25, -0.2) is 0 Å². The molecule has 0 amide bonds. The van der Waals surface area contributed by atoms with Gasteiger partial charge >= 0.3 is 0 Å². The Morgan fingerprint density at radius 1 is 1.06 bits per heavy atom. The van der Waals surface area contributed by atoms with Gasteiger partial charge in [-0.3, -0.25) is 0 Å². The Labute approximate surface area is 117 Å². The van der Waals surface area contributed by atoms with E-state index in [-0.39, 0.29) is 0 Å². The standard InChI is InChI=1S/C15H15NS2/c1-17-14-8-6-12(7-9-14)11-18-15-5-3-2-4-13(15)10-16/h2-10,16H,11H2,1H3. The summed E-state index contributed by atoms with van der Waals surface area (Å²) in [4.78, 5) is 2.46. The molecule has 0 fully saturated rings. The maximum absolute atomic E-state index is 7.38. The summed E-state index contributed by atoms with van der Waals surface area (Å²) in [5.74, 6) is 0.944. The van der Waals surface area contributed by atoms with Crippen LogP contribution in [-0.2, 0) is 5.75 Å². The van der Waals surface area contributed by atoms with E-state index in [9.17, 15) is 0 Å². The van der Waals surface area contributed by atoms with Gasteiger partial charge in [-0.1, -0.05) is 30.3 Å². The highest BCUT2D eigenvalue weighted by Gasteiger charge is 2.01. The van der Waals surface area contributed by atoms with Crippen LogP contribution in [0, 0.1) is 5.41 Å². The Morgan fingerprint density at radius 2 is 1.78 bits per heavy atom. The van der Waals surface area contributed by atoms with E-state index >= 15 is 0 Å². The van der Waals surface area contributed by atoms with Crippen LogP contribution in [0.1, 0.15) is 11.1 Å². The second-order valence-corrected chi connectivity index (χ2v) is 5.72. The molecular weight excluding hydrogens is 258 g/mol. The molecule has 2 rings (SSSR count). The largest absolute Gasteiger partial charge is 0.308 e. The average Bonchev–Trinajstić information content (AvgIpc) is 2.46. The van der Waals surface area contributed by atoms with E-state index in [1.54, 1.807) is 23.5 Å². The minimum atomic E-state index is 0.944. The number of thioether (sulfide) groups is 2. The van der Waals surface area contributed by atoms with Gasteiger partial charge in [0.15, 0.2) is 0 Å². The third-order valence-corrected chi connectivity index (χ3v) is 4.53. The summed E-state index contributed by atoms with van der Waals surface area (Å²) in [6, 6.07) is 16.7. The van der Waals surface area contributed by atoms with Crippen LogP contribution in [0.2, 0.25) is 0 Å². The van der Waals surface area contributed by atoms with Crippen LogP contribution in [0.15, 0.2) is 58.3 Å². The first-order chi connectivity index (χ1) is 8.83. The molecule has 92 valence electrons. The molecule has 0 heterocycles. The Balaban J connectivity index is 2.04. The van der Waals surface area contributed by atoms with Gasteiger partial charge in [0.25, 0.3) is 0 Å². The molecule has 0 atom stereocenters. The highest BCUT2D eigenvalue weighted by molar-refractivity contribution is 7.98. The third-order valence-electron chi connectivity index (χ3n) is 2.63. The minimum Gasteiger partial charge on any atom is -0.308 e. The number of hydrogen-bond donors (Lipinski definition) is 1. The van der Waals surface area contributed by atoms with Crippen molar-refractivity contribution in [3.05, 3.63) is 59.7 Å². The summed E-state index contributed by atoms with van der Waals surface area (Å²) in [6.45, 7) is 0. The highest BCUT2D eigenvalue weighted by atomic mass is 32.2. The third kappa shape index (κ3) is 3.40. The predicted octanol–water partition coefficient (Wildman–Crippen LogP) is 4.70. The maximum Gasteiger partial charge on any atom is 0.0261 e. The monoisotopic (exact) mass is 273 g/mol. The van der Waals surface area contributed by atoms with Gasteiger partial charge in [0.2, 0.25) is 0 Å². The van der Waals surface area contributed by atoms with Crippen LogP contribution in [0.5, 0.6) is 0 Å². The van der Waals surface area contributed by atoms with E-state index in [0.29, 0.717) is 0 Å². The van der Waals surface area contributed by atoms with E-state index in [1.807, 2.05) is 18.2 Å². The van der Waals surface area contributed by atoms with E-state index in [4.69, 9.17) is 5.41 Å². The number of rotatable bonds is 5. The van der Waals surface area contributed by atoms with Crippen molar-refractivity contribution in [2.24, 2.45) is 0 Å². The fraction of sp³-hybridized carbons (Fsp3) is 0.133. The Hall–Kier alpha value is -1.19. The normalized spacial score (nSPS) is 10.3. The molecule has 0 aliphatic rings. The van der Waals surface area contributed by atoms with Crippen LogP contribution in [-0.4, -0.2) is 12.5 Å². The van der Waals surface area contributed by atoms with E-state index < -0.39 is 0 Å². The minimum absolute atomic E-state index is 0.944. The van der Waals surface area contributed by atoms with Crippen molar-refractivity contribution in [3.63, 3.8) is 0 Å². The molecule has 0 aliphatic carbocycles. The average molecular weight is 273 g/mol. The zero-order valence-electron chi connectivity index (χ0n) is 10.2. The van der Waals surface area contributed by atoms with Gasteiger partial charge in [0, 0.05) is 27.3 Å². The molecule has 2 aromatic carbocycles. The van der Waals surface area contributed by atoms with Crippen molar-refractivity contribution in [2.45, 2.75) is 15.5 Å². The van der Waals surface area contributed by atoms with Crippen molar-refractivity contribution in [1.82, 2.24) is 0 Å². The molecule has 0 saturated heterocycles. The molecule has 0 unspecified atom stereocenters. The Kier molecular flexibility index (Phi) is 4.90. The molecular formula is C15H15NS2. The first-order valence-electron chi connectivity index (χ1n) is 5.68. The summed E-state index contributed by atoms with van der Waals surface area (Å²) in [7, 11) is 0. The number of hydrogen-bond acceptors (Lipinski definition) is 3. The maximum atomic E-state index is 7.38.